The second-order valence-electron chi connectivity index (χ2n) is 4.45. The Morgan fingerprint density at radius 3 is 2.70 bits per heavy atom. The highest BCUT2D eigenvalue weighted by Crippen LogP contribution is 2.22. The summed E-state index contributed by atoms with van der Waals surface area (Å²) >= 11 is 5.54. The van der Waals surface area contributed by atoms with Crippen LogP contribution < -0.4 is 11.1 Å². The number of halogens is 2. The highest BCUT2D eigenvalue weighted by molar-refractivity contribution is 14.1. The third kappa shape index (κ3) is 3.52. The summed E-state index contributed by atoms with van der Waals surface area (Å²) in [4.78, 5) is 12.3. The van der Waals surface area contributed by atoms with Crippen LogP contribution in [0.2, 0.25) is 0 Å². The predicted molar refractivity (Wildman–Crippen MR) is 93.6 cm³/mol. The summed E-state index contributed by atoms with van der Waals surface area (Å²) < 4.78 is 1.80. The molecule has 3 N–H and O–H groups in total. The lowest BCUT2D eigenvalue weighted by atomic mass is 10.1. The van der Waals surface area contributed by atoms with Crippen LogP contribution in [0, 0.1) is 3.57 Å². The average molecular weight is 445 g/mol. The smallest absolute Gasteiger partial charge is 0.252 e. The second-order valence-corrected chi connectivity index (χ2v) is 6.53. The molecule has 0 aliphatic rings. The van der Waals surface area contributed by atoms with Gasteiger partial charge in [0, 0.05) is 13.7 Å². The molecule has 0 bridgehead atoms. The fourth-order valence-electron chi connectivity index (χ4n) is 1.93. The van der Waals surface area contributed by atoms with Crippen LogP contribution in [-0.4, -0.2) is 5.91 Å². The Hall–Kier alpha value is -1.08. The Kier molecular flexibility index (Phi) is 5.04. The molecule has 0 aliphatic carbocycles. The van der Waals surface area contributed by atoms with Gasteiger partial charge in [0.05, 0.1) is 11.6 Å². The lowest BCUT2D eigenvalue weighted by Crippen LogP contribution is -2.27. The van der Waals surface area contributed by atoms with E-state index in [0.717, 1.165) is 13.6 Å². The Labute approximate surface area is 140 Å². The molecule has 0 aliphatic heterocycles. The molecule has 2 aromatic carbocycles. The first kappa shape index (κ1) is 15.3. The predicted octanol–water partition coefficient (Wildman–Crippen LogP) is 4.13. The molecule has 1 atom stereocenters. The summed E-state index contributed by atoms with van der Waals surface area (Å²) in [7, 11) is 0. The Morgan fingerprint density at radius 1 is 1.30 bits per heavy atom. The Bertz CT molecular complexity index is 646. The molecule has 0 saturated heterocycles. The van der Waals surface area contributed by atoms with E-state index in [1.165, 1.54) is 0 Å². The zero-order chi connectivity index (χ0) is 14.7. The van der Waals surface area contributed by atoms with Crippen molar-refractivity contribution in [1.29, 1.82) is 0 Å². The summed E-state index contributed by atoms with van der Waals surface area (Å²) in [6.07, 6.45) is 0. The fourth-order valence-corrected chi connectivity index (χ4v) is 2.87. The molecule has 5 heteroatoms. The molecule has 2 rings (SSSR count). The van der Waals surface area contributed by atoms with Crippen LogP contribution in [-0.2, 0) is 0 Å². The molecule has 104 valence electrons. The van der Waals surface area contributed by atoms with Crippen molar-refractivity contribution in [2.45, 2.75) is 13.0 Å². The van der Waals surface area contributed by atoms with E-state index in [2.05, 4.69) is 43.8 Å². The lowest BCUT2D eigenvalue weighted by Gasteiger charge is -2.17. The molecule has 0 aromatic heterocycles. The third-order valence-corrected chi connectivity index (χ3v) is 4.42. The van der Waals surface area contributed by atoms with E-state index in [1.807, 2.05) is 49.4 Å². The zero-order valence-corrected chi connectivity index (χ0v) is 14.6. The Morgan fingerprint density at radius 2 is 2.00 bits per heavy atom. The molecule has 0 radical (unpaired) electrons. The number of hydrogen-bond acceptors (Lipinski definition) is 2. The first-order valence-corrected chi connectivity index (χ1v) is 7.96. The molecule has 2 aromatic rings. The van der Waals surface area contributed by atoms with Gasteiger partial charge in [0.2, 0.25) is 0 Å². The molecule has 0 saturated carbocycles. The molecular formula is C15H14BrIN2O. The monoisotopic (exact) mass is 444 g/mol. The van der Waals surface area contributed by atoms with E-state index in [4.69, 9.17) is 5.73 Å². The number of nitrogens with two attached hydrogens (primary N) is 1. The van der Waals surface area contributed by atoms with Gasteiger partial charge in [-0.1, -0.05) is 34.1 Å². The summed E-state index contributed by atoms with van der Waals surface area (Å²) in [6, 6.07) is 13.0. The maximum Gasteiger partial charge on any atom is 0.252 e. The number of anilines is 1. The molecule has 20 heavy (non-hydrogen) atoms. The maximum atomic E-state index is 12.3. The molecule has 1 unspecified atom stereocenters. The van der Waals surface area contributed by atoms with E-state index in [-0.39, 0.29) is 11.9 Å². The van der Waals surface area contributed by atoms with Gasteiger partial charge in [0.1, 0.15) is 0 Å². The number of carbonyl (C=O) groups is 1. The number of benzene rings is 2. The molecule has 0 spiro atoms. The van der Waals surface area contributed by atoms with Crippen LogP contribution in [0.4, 0.5) is 5.69 Å². The van der Waals surface area contributed by atoms with Gasteiger partial charge in [-0.05, 0) is 59.3 Å². The minimum atomic E-state index is -0.140. The number of nitrogens with one attached hydrogen (secondary N) is 1. The number of para-hydroxylation sites is 1. The van der Waals surface area contributed by atoms with Crippen molar-refractivity contribution in [3.63, 3.8) is 0 Å². The number of carbonyl (C=O) groups excluding carboxylic acids is 1. The van der Waals surface area contributed by atoms with Crippen molar-refractivity contribution in [1.82, 2.24) is 5.32 Å². The normalized spacial score (nSPS) is 11.9. The number of rotatable bonds is 3. The lowest BCUT2D eigenvalue weighted by molar-refractivity contribution is 0.0939. The molecule has 1 amide bonds. The molecule has 3 nitrogen and oxygen atoms in total. The van der Waals surface area contributed by atoms with Crippen LogP contribution in [0.5, 0.6) is 0 Å². The maximum absolute atomic E-state index is 12.3. The van der Waals surface area contributed by atoms with E-state index < -0.39 is 0 Å². The number of amides is 1. The van der Waals surface area contributed by atoms with Crippen molar-refractivity contribution in [2.75, 3.05) is 5.73 Å². The first-order valence-electron chi connectivity index (χ1n) is 6.09. The second kappa shape index (κ2) is 6.58. The minimum absolute atomic E-state index is 0.105. The quantitative estimate of drug-likeness (QED) is 0.552. The topological polar surface area (TPSA) is 55.1 Å². The van der Waals surface area contributed by atoms with Crippen LogP contribution in [0.1, 0.15) is 28.9 Å². The van der Waals surface area contributed by atoms with Gasteiger partial charge in [-0.15, -0.1) is 0 Å². The van der Waals surface area contributed by atoms with Crippen molar-refractivity contribution in [3.05, 3.63) is 61.6 Å². The summed E-state index contributed by atoms with van der Waals surface area (Å²) in [6.45, 7) is 1.93. The van der Waals surface area contributed by atoms with Crippen molar-refractivity contribution < 1.29 is 4.79 Å². The summed E-state index contributed by atoms with van der Waals surface area (Å²) in [5, 5.41) is 2.98. The van der Waals surface area contributed by atoms with Crippen molar-refractivity contribution in [3.8, 4) is 0 Å². The molecule has 0 heterocycles. The van der Waals surface area contributed by atoms with Gasteiger partial charge in [-0.3, -0.25) is 4.79 Å². The van der Waals surface area contributed by atoms with Crippen molar-refractivity contribution in [2.24, 2.45) is 0 Å². The first-order chi connectivity index (χ1) is 9.49. The van der Waals surface area contributed by atoms with E-state index >= 15 is 0 Å². The van der Waals surface area contributed by atoms with Gasteiger partial charge in [0.15, 0.2) is 0 Å². The van der Waals surface area contributed by atoms with Crippen molar-refractivity contribution >= 4 is 50.1 Å². The summed E-state index contributed by atoms with van der Waals surface area (Å²) in [5.41, 5.74) is 8.19. The van der Waals surface area contributed by atoms with E-state index in [0.29, 0.717) is 11.3 Å². The van der Waals surface area contributed by atoms with Crippen LogP contribution in [0.25, 0.3) is 0 Å². The zero-order valence-electron chi connectivity index (χ0n) is 10.9. The average Bonchev–Trinajstić information content (AvgIpc) is 2.41. The Balaban J connectivity index is 2.20. The standard InChI is InChI=1S/C15H14BrIN2O/c1-9(11-4-2-3-5-14(11)18)19-15(20)12-8-10(16)6-7-13(12)17/h2-9H,18H2,1H3,(H,19,20). The van der Waals surface area contributed by atoms with Gasteiger partial charge in [-0.25, -0.2) is 0 Å². The van der Waals surface area contributed by atoms with Gasteiger partial charge in [-0.2, -0.15) is 0 Å². The van der Waals surface area contributed by atoms with Gasteiger partial charge >= 0.3 is 0 Å². The van der Waals surface area contributed by atoms with Crippen LogP contribution in [0.15, 0.2) is 46.9 Å². The van der Waals surface area contributed by atoms with Gasteiger partial charge < -0.3 is 11.1 Å². The largest absolute Gasteiger partial charge is 0.398 e. The van der Waals surface area contributed by atoms with Gasteiger partial charge in [0.25, 0.3) is 5.91 Å². The minimum Gasteiger partial charge on any atom is -0.398 e. The summed E-state index contributed by atoms with van der Waals surface area (Å²) in [5.74, 6) is -0.105. The number of hydrogen-bond donors (Lipinski definition) is 2. The van der Waals surface area contributed by atoms with E-state index in [9.17, 15) is 4.79 Å². The fraction of sp³-hybridized carbons (Fsp3) is 0.133. The number of nitrogen functional groups attached to an aromatic ring is 1. The SMILES string of the molecule is CC(NC(=O)c1cc(Br)ccc1I)c1ccccc1N. The highest BCUT2D eigenvalue weighted by Gasteiger charge is 2.15. The van der Waals surface area contributed by atoms with Crippen LogP contribution >= 0.6 is 38.5 Å². The molecule has 0 fully saturated rings. The molecular weight excluding hydrogens is 431 g/mol. The highest BCUT2D eigenvalue weighted by atomic mass is 127. The van der Waals surface area contributed by atoms with E-state index in [1.54, 1.807) is 0 Å². The third-order valence-electron chi connectivity index (χ3n) is 2.98. The van der Waals surface area contributed by atoms with Crippen LogP contribution in [0.3, 0.4) is 0 Å².